The molecule has 0 aliphatic rings. The summed E-state index contributed by atoms with van der Waals surface area (Å²) in [4.78, 5) is 22.5. The fourth-order valence-corrected chi connectivity index (χ4v) is 1.47. The second-order valence-electron chi connectivity index (χ2n) is 2.90. The molecular formula is C9H19N2O3S+. The number of ether oxygens (including phenoxy) is 1. The van der Waals surface area contributed by atoms with Gasteiger partial charge in [-0.1, -0.05) is 0 Å². The summed E-state index contributed by atoms with van der Waals surface area (Å²) in [6.07, 6.45) is 2.54. The normalized spacial score (nSPS) is 11.9. The summed E-state index contributed by atoms with van der Waals surface area (Å²) < 4.78 is 4.86. The monoisotopic (exact) mass is 235 g/mol. The first-order chi connectivity index (χ1) is 7.15. The Kier molecular flexibility index (Phi) is 8.12. The van der Waals surface area contributed by atoms with Crippen molar-refractivity contribution in [1.82, 2.24) is 5.32 Å². The first-order valence-electron chi connectivity index (χ1n) is 4.89. The first-order valence-corrected chi connectivity index (χ1v) is 6.29. The molecule has 0 aromatic rings. The molecule has 0 fully saturated rings. The van der Waals surface area contributed by atoms with Gasteiger partial charge in [-0.05, 0) is 25.4 Å². The topological polar surface area (TPSA) is 83.0 Å². The third-order valence-corrected chi connectivity index (χ3v) is 2.39. The van der Waals surface area contributed by atoms with Crippen molar-refractivity contribution in [2.24, 2.45) is 0 Å². The zero-order chi connectivity index (χ0) is 11.7. The van der Waals surface area contributed by atoms with Crippen LogP contribution in [0.1, 0.15) is 13.3 Å². The smallest absolute Gasteiger partial charge is 0.328 e. The molecular weight excluding hydrogens is 216 g/mol. The Hall–Kier alpha value is -0.750. The lowest BCUT2D eigenvalue weighted by Gasteiger charge is -2.15. The van der Waals surface area contributed by atoms with Gasteiger partial charge in [0.2, 0.25) is 0 Å². The van der Waals surface area contributed by atoms with E-state index < -0.39 is 6.04 Å². The number of carbonyl (C=O) groups excluding carboxylic acids is 2. The number of amides is 1. The second kappa shape index (κ2) is 8.55. The van der Waals surface area contributed by atoms with E-state index in [1.807, 2.05) is 6.26 Å². The second-order valence-corrected chi connectivity index (χ2v) is 3.89. The predicted molar refractivity (Wildman–Crippen MR) is 59.3 cm³/mol. The molecule has 6 heteroatoms. The Bertz CT molecular complexity index is 212. The molecule has 0 heterocycles. The molecule has 1 atom stereocenters. The van der Waals surface area contributed by atoms with Gasteiger partial charge in [-0.15, -0.1) is 0 Å². The minimum absolute atomic E-state index is 0.134. The van der Waals surface area contributed by atoms with E-state index in [9.17, 15) is 9.59 Å². The van der Waals surface area contributed by atoms with E-state index in [1.165, 1.54) is 0 Å². The van der Waals surface area contributed by atoms with E-state index in [2.05, 4.69) is 11.1 Å². The van der Waals surface area contributed by atoms with Gasteiger partial charge in [0, 0.05) is 0 Å². The Morgan fingerprint density at radius 2 is 2.20 bits per heavy atom. The molecule has 4 N–H and O–H groups in total. The van der Waals surface area contributed by atoms with Gasteiger partial charge in [0.1, 0.15) is 6.04 Å². The Morgan fingerprint density at radius 3 is 2.67 bits per heavy atom. The summed E-state index contributed by atoms with van der Waals surface area (Å²) in [5.74, 6) is 0.212. The highest BCUT2D eigenvalue weighted by Gasteiger charge is 2.21. The van der Waals surface area contributed by atoms with Crippen LogP contribution < -0.4 is 11.1 Å². The van der Waals surface area contributed by atoms with Gasteiger partial charge in [-0.3, -0.25) is 4.79 Å². The van der Waals surface area contributed by atoms with Crippen LogP contribution in [0.4, 0.5) is 0 Å². The maximum atomic E-state index is 11.4. The van der Waals surface area contributed by atoms with Crippen molar-refractivity contribution in [2.75, 3.05) is 25.2 Å². The maximum Gasteiger partial charge on any atom is 0.328 e. The van der Waals surface area contributed by atoms with Crippen molar-refractivity contribution in [1.29, 1.82) is 0 Å². The molecule has 0 aromatic carbocycles. The average Bonchev–Trinajstić information content (AvgIpc) is 2.24. The summed E-state index contributed by atoms with van der Waals surface area (Å²) in [5.41, 5.74) is 3.45. The highest BCUT2D eigenvalue weighted by molar-refractivity contribution is 7.98. The van der Waals surface area contributed by atoms with Crippen molar-refractivity contribution >= 4 is 23.6 Å². The van der Waals surface area contributed by atoms with Crippen LogP contribution in [0.5, 0.6) is 0 Å². The number of rotatable bonds is 7. The van der Waals surface area contributed by atoms with Gasteiger partial charge in [-0.25, -0.2) is 4.79 Å². The zero-order valence-electron chi connectivity index (χ0n) is 9.25. The first kappa shape index (κ1) is 14.2. The van der Waals surface area contributed by atoms with Crippen LogP contribution in [0.15, 0.2) is 0 Å². The van der Waals surface area contributed by atoms with Gasteiger partial charge in [0.25, 0.3) is 5.91 Å². The molecule has 0 saturated heterocycles. The standard InChI is InChI=1S/C9H18N2O3S/c1-3-14-9(13)7(4-5-15-2)11-8(12)6-10/h7H,3-6,10H2,1-2H3,(H,11,12)/p+1. The van der Waals surface area contributed by atoms with E-state index in [4.69, 9.17) is 4.74 Å². The van der Waals surface area contributed by atoms with Crippen LogP contribution in [0.3, 0.4) is 0 Å². The molecule has 5 nitrogen and oxygen atoms in total. The van der Waals surface area contributed by atoms with E-state index in [0.717, 1.165) is 5.75 Å². The molecule has 0 radical (unpaired) electrons. The molecule has 0 aromatic heterocycles. The highest BCUT2D eigenvalue weighted by Crippen LogP contribution is 2.02. The van der Waals surface area contributed by atoms with Gasteiger partial charge < -0.3 is 15.8 Å². The van der Waals surface area contributed by atoms with Crippen molar-refractivity contribution in [3.63, 3.8) is 0 Å². The van der Waals surface area contributed by atoms with Crippen LogP contribution in [-0.2, 0) is 14.3 Å². The Labute approximate surface area is 94.1 Å². The van der Waals surface area contributed by atoms with E-state index >= 15 is 0 Å². The Morgan fingerprint density at radius 1 is 1.53 bits per heavy atom. The third-order valence-electron chi connectivity index (χ3n) is 1.74. The van der Waals surface area contributed by atoms with Crippen LogP contribution in [0.25, 0.3) is 0 Å². The molecule has 0 saturated carbocycles. The molecule has 0 aliphatic carbocycles. The Balaban J connectivity index is 4.16. The van der Waals surface area contributed by atoms with Crippen LogP contribution in [0.2, 0.25) is 0 Å². The predicted octanol–water partition coefficient (Wildman–Crippen LogP) is -0.971. The number of hydrogen-bond acceptors (Lipinski definition) is 4. The summed E-state index contributed by atoms with van der Waals surface area (Å²) in [7, 11) is 0. The number of thioether (sulfide) groups is 1. The minimum atomic E-state index is -0.536. The summed E-state index contributed by atoms with van der Waals surface area (Å²) >= 11 is 1.63. The zero-order valence-corrected chi connectivity index (χ0v) is 10.1. The lowest BCUT2D eigenvalue weighted by atomic mass is 10.2. The fraction of sp³-hybridized carbons (Fsp3) is 0.778. The number of carbonyl (C=O) groups is 2. The number of nitrogens with one attached hydrogen (secondary N) is 1. The maximum absolute atomic E-state index is 11.4. The van der Waals surface area contributed by atoms with Gasteiger partial charge in [0.15, 0.2) is 6.54 Å². The molecule has 0 rings (SSSR count). The number of quaternary nitrogens is 1. The number of hydrogen-bond donors (Lipinski definition) is 2. The third kappa shape index (κ3) is 6.35. The van der Waals surface area contributed by atoms with Crippen molar-refractivity contribution in [3.8, 4) is 0 Å². The van der Waals surface area contributed by atoms with Crippen LogP contribution in [0, 0.1) is 0 Å². The van der Waals surface area contributed by atoms with Gasteiger partial charge in [-0.2, -0.15) is 11.8 Å². The SMILES string of the molecule is CCOC(=O)C(CCSC)NC(=O)C[NH3+]. The molecule has 0 aliphatic heterocycles. The fourth-order valence-electron chi connectivity index (χ4n) is 0.994. The molecule has 0 spiro atoms. The average molecular weight is 235 g/mol. The minimum Gasteiger partial charge on any atom is -0.464 e. The number of esters is 1. The van der Waals surface area contributed by atoms with E-state index in [0.29, 0.717) is 13.0 Å². The van der Waals surface area contributed by atoms with Crippen LogP contribution >= 0.6 is 11.8 Å². The van der Waals surface area contributed by atoms with Crippen LogP contribution in [-0.4, -0.2) is 43.1 Å². The molecule has 1 unspecified atom stereocenters. The molecule has 1 amide bonds. The summed E-state index contributed by atoms with van der Waals surface area (Å²) in [6.45, 7) is 2.21. The summed E-state index contributed by atoms with van der Waals surface area (Å²) in [6, 6.07) is -0.536. The van der Waals surface area contributed by atoms with Crippen molar-refractivity contribution in [3.05, 3.63) is 0 Å². The quantitative estimate of drug-likeness (QED) is 0.556. The summed E-state index contributed by atoms with van der Waals surface area (Å²) in [5, 5.41) is 2.60. The molecule has 88 valence electrons. The van der Waals surface area contributed by atoms with Gasteiger partial charge in [0.05, 0.1) is 6.61 Å². The van der Waals surface area contributed by atoms with Crippen molar-refractivity contribution < 1.29 is 20.1 Å². The van der Waals surface area contributed by atoms with E-state index in [1.54, 1.807) is 18.7 Å². The van der Waals surface area contributed by atoms with Gasteiger partial charge >= 0.3 is 5.97 Å². The largest absolute Gasteiger partial charge is 0.464 e. The highest BCUT2D eigenvalue weighted by atomic mass is 32.2. The lowest BCUT2D eigenvalue weighted by Crippen LogP contribution is -2.59. The molecule has 15 heavy (non-hydrogen) atoms. The van der Waals surface area contributed by atoms with Crippen molar-refractivity contribution in [2.45, 2.75) is 19.4 Å². The molecule has 0 bridgehead atoms. The lowest BCUT2D eigenvalue weighted by molar-refractivity contribution is -0.355. The van der Waals surface area contributed by atoms with E-state index in [-0.39, 0.29) is 18.4 Å².